The number of hydrogen-bond donors (Lipinski definition) is 1. The average molecular weight is 436 g/mol. The van der Waals surface area contributed by atoms with Gasteiger partial charge in [0.2, 0.25) is 5.91 Å². The zero-order valence-corrected chi connectivity index (χ0v) is 19.4. The minimum Gasteiger partial charge on any atom is -0.361 e. The SMILES string of the molecule is C[Si](C)(C)CCOCn1cc(-c2ccccc2)c2cc(NC(=O)C3CC3)ncc2c1=O. The van der Waals surface area contributed by atoms with Crippen molar-refractivity contribution in [1.29, 1.82) is 0 Å². The van der Waals surface area contributed by atoms with Gasteiger partial charge in [0.05, 0.1) is 5.39 Å². The van der Waals surface area contributed by atoms with Crippen molar-refractivity contribution in [1.82, 2.24) is 9.55 Å². The van der Waals surface area contributed by atoms with Crippen LogP contribution in [0.25, 0.3) is 21.9 Å². The summed E-state index contributed by atoms with van der Waals surface area (Å²) >= 11 is 0. The third-order valence-corrected chi connectivity index (χ3v) is 7.19. The zero-order valence-electron chi connectivity index (χ0n) is 18.4. The molecule has 1 saturated carbocycles. The summed E-state index contributed by atoms with van der Waals surface area (Å²) in [4.78, 5) is 29.6. The first kappa shape index (κ1) is 21.5. The largest absolute Gasteiger partial charge is 0.361 e. The highest BCUT2D eigenvalue weighted by molar-refractivity contribution is 6.76. The third kappa shape index (κ3) is 5.29. The minimum atomic E-state index is -1.20. The highest BCUT2D eigenvalue weighted by Gasteiger charge is 2.29. The van der Waals surface area contributed by atoms with Crippen molar-refractivity contribution in [3.05, 3.63) is 59.1 Å². The first-order valence-corrected chi connectivity index (χ1v) is 14.5. The van der Waals surface area contributed by atoms with Crippen LogP contribution in [0.3, 0.4) is 0 Å². The predicted molar refractivity (Wildman–Crippen MR) is 127 cm³/mol. The van der Waals surface area contributed by atoms with Crippen LogP contribution in [-0.2, 0) is 16.3 Å². The van der Waals surface area contributed by atoms with Gasteiger partial charge in [0.25, 0.3) is 5.56 Å². The first-order chi connectivity index (χ1) is 14.8. The van der Waals surface area contributed by atoms with Crippen molar-refractivity contribution in [2.75, 3.05) is 11.9 Å². The minimum absolute atomic E-state index is 0.00254. The summed E-state index contributed by atoms with van der Waals surface area (Å²) in [6, 6.07) is 12.8. The maximum atomic E-state index is 13.1. The Bertz CT molecular complexity index is 1150. The lowest BCUT2D eigenvalue weighted by atomic mass is 10.0. The highest BCUT2D eigenvalue weighted by atomic mass is 28.3. The summed E-state index contributed by atoms with van der Waals surface area (Å²) in [7, 11) is -1.20. The number of nitrogens with one attached hydrogen (secondary N) is 1. The van der Waals surface area contributed by atoms with Crippen LogP contribution in [-0.4, -0.2) is 30.1 Å². The van der Waals surface area contributed by atoms with E-state index in [4.69, 9.17) is 4.74 Å². The molecule has 1 aromatic carbocycles. The third-order valence-electron chi connectivity index (χ3n) is 5.48. The number of ether oxygens (including phenoxy) is 1. The molecule has 0 bridgehead atoms. The quantitative estimate of drug-likeness (QED) is 0.410. The lowest BCUT2D eigenvalue weighted by Gasteiger charge is -2.17. The van der Waals surface area contributed by atoms with Gasteiger partial charge in [-0.05, 0) is 30.5 Å². The average Bonchev–Trinajstić information content (AvgIpc) is 3.58. The smallest absolute Gasteiger partial charge is 0.261 e. The molecule has 31 heavy (non-hydrogen) atoms. The number of pyridine rings is 2. The maximum Gasteiger partial charge on any atom is 0.261 e. The Morgan fingerprint density at radius 1 is 1.19 bits per heavy atom. The number of hydrogen-bond acceptors (Lipinski definition) is 4. The van der Waals surface area contributed by atoms with Gasteiger partial charge in [0.1, 0.15) is 12.5 Å². The molecule has 4 rings (SSSR count). The number of anilines is 1. The Morgan fingerprint density at radius 2 is 1.94 bits per heavy atom. The number of rotatable bonds is 8. The molecular formula is C24H29N3O3Si. The van der Waals surface area contributed by atoms with Crippen molar-refractivity contribution >= 4 is 30.6 Å². The van der Waals surface area contributed by atoms with Crippen molar-refractivity contribution in [2.24, 2.45) is 5.92 Å². The van der Waals surface area contributed by atoms with Crippen LogP contribution < -0.4 is 10.9 Å². The van der Waals surface area contributed by atoms with Crippen LogP contribution >= 0.6 is 0 Å². The van der Waals surface area contributed by atoms with Crippen LogP contribution in [0.2, 0.25) is 25.7 Å². The summed E-state index contributed by atoms with van der Waals surface area (Å²) in [5.74, 6) is 0.565. The van der Waals surface area contributed by atoms with Crippen molar-refractivity contribution in [3.8, 4) is 11.1 Å². The fourth-order valence-corrected chi connectivity index (χ4v) is 4.17. The Morgan fingerprint density at radius 3 is 2.61 bits per heavy atom. The number of amides is 1. The molecule has 162 valence electrons. The molecule has 0 saturated heterocycles. The van der Waals surface area contributed by atoms with Gasteiger partial charge in [0, 0.05) is 43.9 Å². The normalized spacial score (nSPS) is 14.0. The van der Waals surface area contributed by atoms with Crippen molar-refractivity contribution in [2.45, 2.75) is 45.3 Å². The lowest BCUT2D eigenvalue weighted by molar-refractivity contribution is -0.117. The van der Waals surface area contributed by atoms with E-state index in [1.165, 1.54) is 0 Å². The van der Waals surface area contributed by atoms with Crippen LogP contribution in [0.4, 0.5) is 5.82 Å². The molecule has 2 heterocycles. The molecule has 0 atom stereocenters. The number of aromatic nitrogens is 2. The number of carbonyl (C=O) groups excluding carboxylic acids is 1. The lowest BCUT2D eigenvalue weighted by Crippen LogP contribution is -2.25. The van der Waals surface area contributed by atoms with E-state index < -0.39 is 8.07 Å². The predicted octanol–water partition coefficient (Wildman–Crippen LogP) is 4.72. The van der Waals surface area contributed by atoms with Gasteiger partial charge >= 0.3 is 0 Å². The Kier molecular flexibility index (Phi) is 6.07. The van der Waals surface area contributed by atoms with E-state index in [2.05, 4.69) is 29.9 Å². The molecule has 1 amide bonds. The van der Waals surface area contributed by atoms with Crippen LogP contribution in [0, 0.1) is 5.92 Å². The molecule has 1 aliphatic carbocycles. The molecule has 2 aromatic heterocycles. The Hall–Kier alpha value is -2.77. The summed E-state index contributed by atoms with van der Waals surface area (Å²) in [6.07, 6.45) is 5.26. The van der Waals surface area contributed by atoms with Crippen LogP contribution in [0.5, 0.6) is 0 Å². The second-order valence-electron chi connectivity index (χ2n) is 9.41. The van der Waals surface area contributed by atoms with Gasteiger partial charge in [-0.1, -0.05) is 50.0 Å². The Labute approximate surface area is 183 Å². The monoisotopic (exact) mass is 435 g/mol. The molecule has 1 aliphatic rings. The van der Waals surface area contributed by atoms with Gasteiger partial charge in [-0.3, -0.25) is 14.2 Å². The summed E-state index contributed by atoms with van der Waals surface area (Å²) in [5.41, 5.74) is 1.76. The maximum absolute atomic E-state index is 13.1. The van der Waals surface area contributed by atoms with E-state index in [1.807, 2.05) is 36.5 Å². The van der Waals surface area contributed by atoms with E-state index in [9.17, 15) is 9.59 Å². The molecule has 7 heteroatoms. The molecule has 3 aromatic rings. The molecule has 0 spiro atoms. The second-order valence-corrected chi connectivity index (χ2v) is 15.0. The standard InChI is InChI=1S/C24H29N3O3Si/c1-31(2,3)12-11-30-16-27-15-21(17-7-5-4-6-8-17)19-13-22(25-14-20(19)24(27)29)26-23(28)18-9-10-18/h4-8,13-15,18H,9-12,16H2,1-3H3,(H,25,26,28). The fourth-order valence-electron chi connectivity index (χ4n) is 3.41. The van der Waals surface area contributed by atoms with Gasteiger partial charge < -0.3 is 10.1 Å². The van der Waals surface area contributed by atoms with Crippen LogP contribution in [0.1, 0.15) is 12.8 Å². The summed E-state index contributed by atoms with van der Waals surface area (Å²) < 4.78 is 7.46. The zero-order chi connectivity index (χ0) is 22.0. The van der Waals surface area contributed by atoms with E-state index in [0.29, 0.717) is 17.8 Å². The topological polar surface area (TPSA) is 73.2 Å². The number of benzene rings is 1. The molecule has 0 radical (unpaired) electrons. The van der Waals surface area contributed by atoms with Gasteiger partial charge in [0.15, 0.2) is 0 Å². The second kappa shape index (κ2) is 8.76. The highest BCUT2D eigenvalue weighted by Crippen LogP contribution is 2.31. The van der Waals surface area contributed by atoms with E-state index >= 15 is 0 Å². The van der Waals surface area contributed by atoms with Gasteiger partial charge in [-0.25, -0.2) is 4.98 Å². The number of fused-ring (bicyclic) bond motifs is 1. The van der Waals surface area contributed by atoms with Gasteiger partial charge in [-0.15, -0.1) is 0 Å². The molecule has 0 aliphatic heterocycles. The molecule has 0 unspecified atom stereocenters. The van der Waals surface area contributed by atoms with Crippen molar-refractivity contribution < 1.29 is 9.53 Å². The fraction of sp³-hybridized carbons (Fsp3) is 0.375. The van der Waals surface area contributed by atoms with E-state index in [1.54, 1.807) is 16.8 Å². The van der Waals surface area contributed by atoms with Crippen molar-refractivity contribution in [3.63, 3.8) is 0 Å². The molecule has 1 N–H and O–H groups in total. The molecule has 1 fully saturated rings. The van der Waals surface area contributed by atoms with E-state index in [-0.39, 0.29) is 24.1 Å². The Balaban J connectivity index is 1.70. The summed E-state index contributed by atoms with van der Waals surface area (Å²) in [6.45, 7) is 7.76. The molecule has 6 nitrogen and oxygen atoms in total. The van der Waals surface area contributed by atoms with Gasteiger partial charge in [-0.2, -0.15) is 0 Å². The van der Waals surface area contributed by atoms with Crippen LogP contribution in [0.15, 0.2) is 53.6 Å². The molecular weight excluding hydrogens is 406 g/mol. The number of carbonyl (C=O) groups is 1. The van der Waals surface area contributed by atoms with E-state index in [0.717, 1.165) is 35.4 Å². The summed E-state index contributed by atoms with van der Waals surface area (Å²) in [5, 5.41) is 4.17. The number of nitrogens with zero attached hydrogens (tertiary/aromatic N) is 2. The first-order valence-electron chi connectivity index (χ1n) is 10.8.